The summed E-state index contributed by atoms with van der Waals surface area (Å²) in [6.45, 7) is 7.25. The lowest BCUT2D eigenvalue weighted by atomic mass is 10.1. The molecule has 3 nitrogen and oxygen atoms in total. The van der Waals surface area contributed by atoms with Crippen molar-refractivity contribution in [3.8, 4) is 0 Å². The van der Waals surface area contributed by atoms with Gasteiger partial charge in [-0.1, -0.05) is 36.4 Å². The Labute approximate surface area is 132 Å². The fourth-order valence-electron chi connectivity index (χ4n) is 2.52. The van der Waals surface area contributed by atoms with E-state index in [1.165, 1.54) is 0 Å². The van der Waals surface area contributed by atoms with Crippen LogP contribution < -0.4 is 4.90 Å². The summed E-state index contributed by atoms with van der Waals surface area (Å²) in [6.07, 6.45) is 0. The van der Waals surface area contributed by atoms with Crippen LogP contribution >= 0.6 is 0 Å². The van der Waals surface area contributed by atoms with E-state index >= 15 is 0 Å². The van der Waals surface area contributed by atoms with Gasteiger partial charge in [0.2, 0.25) is 0 Å². The number of amides is 1. The molecule has 0 aliphatic heterocycles. The van der Waals surface area contributed by atoms with Crippen molar-refractivity contribution in [3.63, 3.8) is 0 Å². The topological polar surface area (TPSA) is 29.5 Å². The van der Waals surface area contributed by atoms with Crippen molar-refractivity contribution >= 4 is 11.6 Å². The fraction of sp³-hybridized carbons (Fsp3) is 0.316. The molecule has 0 unspecified atom stereocenters. The molecule has 0 N–H and O–H groups in total. The highest BCUT2D eigenvalue weighted by Crippen LogP contribution is 2.19. The van der Waals surface area contributed by atoms with Gasteiger partial charge in [-0.15, -0.1) is 0 Å². The molecule has 2 rings (SSSR count). The van der Waals surface area contributed by atoms with Crippen LogP contribution in [0.3, 0.4) is 0 Å². The molecule has 3 heteroatoms. The van der Waals surface area contributed by atoms with E-state index in [2.05, 4.69) is 6.07 Å². The normalized spacial score (nSPS) is 10.5. The summed E-state index contributed by atoms with van der Waals surface area (Å²) in [5, 5.41) is 0. The van der Waals surface area contributed by atoms with Gasteiger partial charge in [-0.3, -0.25) is 4.79 Å². The number of benzene rings is 2. The minimum atomic E-state index is -0.0107. The second-order valence-electron chi connectivity index (χ2n) is 5.46. The minimum Gasteiger partial charge on any atom is -0.367 e. The quantitative estimate of drug-likeness (QED) is 0.810. The average molecular weight is 297 g/mol. The second-order valence-corrected chi connectivity index (χ2v) is 5.46. The number of carbonyl (C=O) groups excluding carboxylic acids is 1. The van der Waals surface area contributed by atoms with Crippen LogP contribution in [0.4, 0.5) is 5.69 Å². The maximum atomic E-state index is 12.4. The van der Waals surface area contributed by atoms with Crippen molar-refractivity contribution in [1.82, 2.24) is 0 Å². The van der Waals surface area contributed by atoms with Gasteiger partial charge in [0.1, 0.15) is 6.61 Å². The third kappa shape index (κ3) is 4.43. The Kier molecular flexibility index (Phi) is 5.73. The first-order valence-corrected chi connectivity index (χ1v) is 7.60. The van der Waals surface area contributed by atoms with Gasteiger partial charge in [0.25, 0.3) is 5.91 Å². The Balaban J connectivity index is 1.97. The van der Waals surface area contributed by atoms with Crippen LogP contribution in [0, 0.1) is 13.8 Å². The molecule has 0 aliphatic rings. The van der Waals surface area contributed by atoms with E-state index in [1.54, 1.807) is 4.90 Å². The summed E-state index contributed by atoms with van der Waals surface area (Å²) in [4.78, 5) is 14.2. The fourth-order valence-corrected chi connectivity index (χ4v) is 2.52. The molecular weight excluding hydrogens is 274 g/mol. The second kappa shape index (κ2) is 7.76. The summed E-state index contributed by atoms with van der Waals surface area (Å²) in [6, 6.07) is 16.1. The molecule has 0 heterocycles. The van der Waals surface area contributed by atoms with Crippen molar-refractivity contribution in [2.45, 2.75) is 27.4 Å². The molecule has 22 heavy (non-hydrogen) atoms. The van der Waals surface area contributed by atoms with E-state index < -0.39 is 0 Å². The van der Waals surface area contributed by atoms with Crippen LogP contribution in [-0.2, 0) is 16.1 Å². The van der Waals surface area contributed by atoms with Crippen LogP contribution in [0.25, 0.3) is 0 Å². The molecule has 0 saturated heterocycles. The van der Waals surface area contributed by atoms with E-state index in [0.29, 0.717) is 13.2 Å². The van der Waals surface area contributed by atoms with Gasteiger partial charge in [-0.2, -0.15) is 0 Å². The van der Waals surface area contributed by atoms with Gasteiger partial charge >= 0.3 is 0 Å². The lowest BCUT2D eigenvalue weighted by molar-refractivity contribution is -0.123. The number of rotatable bonds is 6. The molecule has 0 aliphatic carbocycles. The van der Waals surface area contributed by atoms with Crippen molar-refractivity contribution in [2.75, 3.05) is 18.1 Å². The Hall–Kier alpha value is -2.13. The highest BCUT2D eigenvalue weighted by atomic mass is 16.5. The molecule has 0 atom stereocenters. The monoisotopic (exact) mass is 297 g/mol. The smallest absolute Gasteiger partial charge is 0.252 e. The summed E-state index contributed by atoms with van der Waals surface area (Å²) >= 11 is 0. The molecule has 0 bridgehead atoms. The Morgan fingerprint density at radius 3 is 2.27 bits per heavy atom. The van der Waals surface area contributed by atoms with Crippen LogP contribution in [-0.4, -0.2) is 19.1 Å². The lowest BCUT2D eigenvalue weighted by Gasteiger charge is -2.22. The first-order valence-electron chi connectivity index (χ1n) is 7.60. The van der Waals surface area contributed by atoms with Crippen molar-refractivity contribution in [3.05, 3.63) is 65.2 Å². The molecule has 2 aromatic carbocycles. The highest BCUT2D eigenvalue weighted by Gasteiger charge is 2.14. The number of nitrogens with zero attached hydrogens (tertiary/aromatic N) is 1. The molecule has 0 spiro atoms. The number of anilines is 1. The van der Waals surface area contributed by atoms with Crippen molar-refractivity contribution in [2.24, 2.45) is 0 Å². The Morgan fingerprint density at radius 2 is 1.68 bits per heavy atom. The molecule has 0 aromatic heterocycles. The SMILES string of the molecule is CCN(C(=O)COCc1ccccc1)c1cc(C)cc(C)c1. The third-order valence-electron chi connectivity index (χ3n) is 3.47. The lowest BCUT2D eigenvalue weighted by Crippen LogP contribution is -2.33. The zero-order valence-corrected chi connectivity index (χ0v) is 13.5. The summed E-state index contributed by atoms with van der Waals surface area (Å²) in [5.41, 5.74) is 4.33. The summed E-state index contributed by atoms with van der Waals surface area (Å²) in [5.74, 6) is -0.0107. The average Bonchev–Trinajstić information content (AvgIpc) is 2.48. The van der Waals surface area contributed by atoms with Gasteiger partial charge < -0.3 is 9.64 Å². The number of hydrogen-bond donors (Lipinski definition) is 0. The van der Waals surface area contributed by atoms with Crippen molar-refractivity contribution in [1.29, 1.82) is 0 Å². The number of ether oxygens (including phenoxy) is 1. The zero-order valence-electron chi connectivity index (χ0n) is 13.5. The predicted octanol–water partition coefficient (Wildman–Crippen LogP) is 3.87. The van der Waals surface area contributed by atoms with Crippen LogP contribution in [0.1, 0.15) is 23.6 Å². The van der Waals surface area contributed by atoms with E-state index in [-0.39, 0.29) is 12.5 Å². The summed E-state index contributed by atoms with van der Waals surface area (Å²) in [7, 11) is 0. The van der Waals surface area contributed by atoms with Crippen LogP contribution in [0.15, 0.2) is 48.5 Å². The zero-order chi connectivity index (χ0) is 15.9. The van der Waals surface area contributed by atoms with Crippen LogP contribution in [0.2, 0.25) is 0 Å². The minimum absolute atomic E-state index is 0.0107. The van der Waals surface area contributed by atoms with E-state index in [4.69, 9.17) is 4.74 Å². The Bertz CT molecular complexity index is 602. The van der Waals surface area contributed by atoms with Gasteiger partial charge in [0.05, 0.1) is 6.61 Å². The molecule has 2 aromatic rings. The van der Waals surface area contributed by atoms with E-state index in [9.17, 15) is 4.79 Å². The molecule has 0 saturated carbocycles. The molecule has 0 fully saturated rings. The van der Waals surface area contributed by atoms with E-state index in [0.717, 1.165) is 22.4 Å². The Morgan fingerprint density at radius 1 is 1.05 bits per heavy atom. The predicted molar refractivity (Wildman–Crippen MR) is 90.0 cm³/mol. The van der Waals surface area contributed by atoms with Gasteiger partial charge in [0.15, 0.2) is 0 Å². The first-order chi connectivity index (χ1) is 10.6. The molecule has 0 radical (unpaired) electrons. The third-order valence-corrected chi connectivity index (χ3v) is 3.47. The molecule has 1 amide bonds. The first kappa shape index (κ1) is 16.2. The number of hydrogen-bond acceptors (Lipinski definition) is 2. The standard InChI is InChI=1S/C19H23NO2/c1-4-20(18-11-15(2)10-16(3)12-18)19(21)14-22-13-17-8-6-5-7-9-17/h5-12H,4,13-14H2,1-3H3. The maximum Gasteiger partial charge on any atom is 0.252 e. The van der Waals surface area contributed by atoms with Crippen LogP contribution in [0.5, 0.6) is 0 Å². The van der Waals surface area contributed by atoms with Gasteiger partial charge in [0, 0.05) is 12.2 Å². The van der Waals surface area contributed by atoms with Gasteiger partial charge in [-0.25, -0.2) is 0 Å². The van der Waals surface area contributed by atoms with Gasteiger partial charge in [-0.05, 0) is 49.6 Å². The highest BCUT2D eigenvalue weighted by molar-refractivity contribution is 5.94. The van der Waals surface area contributed by atoms with Crippen molar-refractivity contribution < 1.29 is 9.53 Å². The summed E-state index contributed by atoms with van der Waals surface area (Å²) < 4.78 is 5.56. The number of carbonyl (C=O) groups is 1. The van der Waals surface area contributed by atoms with E-state index in [1.807, 2.05) is 63.2 Å². The molecular formula is C19H23NO2. The number of likely N-dealkylation sites (N-methyl/N-ethyl adjacent to an activating group) is 1. The number of aryl methyl sites for hydroxylation is 2. The largest absolute Gasteiger partial charge is 0.367 e. The molecule has 116 valence electrons. The maximum absolute atomic E-state index is 12.4.